The number of carbonyl (C=O) groups excluding carboxylic acids is 2. The van der Waals surface area contributed by atoms with E-state index in [9.17, 15) is 14.7 Å². The van der Waals surface area contributed by atoms with Gasteiger partial charge in [-0.15, -0.1) is 0 Å². The molecule has 1 heterocycles. The first-order valence-electron chi connectivity index (χ1n) is 11.1. The number of aromatic hydroxyl groups is 1. The van der Waals surface area contributed by atoms with Crippen molar-refractivity contribution in [3.63, 3.8) is 0 Å². The molecule has 172 valence electrons. The van der Waals surface area contributed by atoms with E-state index in [1.807, 2.05) is 13.0 Å². The largest absolute Gasteiger partial charge is 0.508 e. The van der Waals surface area contributed by atoms with Crippen LogP contribution in [0.2, 0.25) is 0 Å². The van der Waals surface area contributed by atoms with Gasteiger partial charge in [-0.3, -0.25) is 9.59 Å². The number of carbonyl (C=O) groups is 2. The molecule has 1 saturated heterocycles. The zero-order valence-corrected chi connectivity index (χ0v) is 19.2. The molecule has 6 nitrogen and oxygen atoms in total. The Hall–Kier alpha value is -2.86. The van der Waals surface area contributed by atoms with Crippen molar-refractivity contribution in [2.45, 2.75) is 71.7 Å². The molecule has 2 aromatic carbocycles. The quantitative estimate of drug-likeness (QED) is 0.635. The van der Waals surface area contributed by atoms with Crippen molar-refractivity contribution in [3.05, 3.63) is 64.2 Å². The summed E-state index contributed by atoms with van der Waals surface area (Å²) in [7, 11) is 0. The van der Waals surface area contributed by atoms with Gasteiger partial charge in [-0.1, -0.05) is 37.3 Å². The summed E-state index contributed by atoms with van der Waals surface area (Å²) in [5, 5.41) is 10.6. The summed E-state index contributed by atoms with van der Waals surface area (Å²) in [5.41, 5.74) is 5.11. The molecule has 0 radical (unpaired) electrons. The van der Waals surface area contributed by atoms with Crippen molar-refractivity contribution in [3.8, 4) is 5.75 Å². The smallest absolute Gasteiger partial charge is 0.302 e. The third kappa shape index (κ3) is 6.33. The minimum Gasteiger partial charge on any atom is -0.508 e. The van der Waals surface area contributed by atoms with E-state index in [1.165, 1.54) is 19.4 Å². The minimum atomic E-state index is -0.393. The Balaban J connectivity index is 1.84. The van der Waals surface area contributed by atoms with Crippen LogP contribution >= 0.6 is 0 Å². The van der Waals surface area contributed by atoms with Crippen molar-refractivity contribution in [1.29, 1.82) is 0 Å². The summed E-state index contributed by atoms with van der Waals surface area (Å²) in [6.07, 6.45) is 1.49. The number of hydrogen-bond donors (Lipinski definition) is 1. The van der Waals surface area contributed by atoms with Crippen LogP contribution in [0.5, 0.6) is 5.75 Å². The summed E-state index contributed by atoms with van der Waals surface area (Å²) >= 11 is 0. The molecule has 3 unspecified atom stereocenters. The fourth-order valence-corrected chi connectivity index (χ4v) is 4.10. The molecular formula is C26H32O6. The van der Waals surface area contributed by atoms with Crippen LogP contribution < -0.4 is 0 Å². The average molecular weight is 441 g/mol. The molecule has 1 aliphatic rings. The van der Waals surface area contributed by atoms with Crippen LogP contribution in [0.1, 0.15) is 67.5 Å². The normalized spacial score (nSPS) is 20.6. The Kier molecular flexibility index (Phi) is 7.91. The van der Waals surface area contributed by atoms with Crippen LogP contribution in [0.25, 0.3) is 0 Å². The topological polar surface area (TPSA) is 82.1 Å². The molecule has 1 aliphatic heterocycles. The predicted octanol–water partition coefficient (Wildman–Crippen LogP) is 4.57. The highest BCUT2D eigenvalue weighted by molar-refractivity contribution is 5.66. The van der Waals surface area contributed by atoms with Gasteiger partial charge in [0.15, 0.2) is 0 Å². The Morgan fingerprint density at radius 3 is 2.38 bits per heavy atom. The molecule has 0 saturated carbocycles. The molecule has 0 aliphatic carbocycles. The van der Waals surface area contributed by atoms with Crippen molar-refractivity contribution < 1.29 is 28.9 Å². The van der Waals surface area contributed by atoms with Crippen LogP contribution in [0.15, 0.2) is 36.4 Å². The van der Waals surface area contributed by atoms with Gasteiger partial charge in [-0.2, -0.15) is 0 Å². The third-order valence-corrected chi connectivity index (χ3v) is 5.87. The van der Waals surface area contributed by atoms with Gasteiger partial charge in [0.25, 0.3) is 0 Å². The number of phenols is 1. The molecule has 2 aromatic rings. The maximum Gasteiger partial charge on any atom is 0.302 e. The molecule has 0 amide bonds. The maximum atomic E-state index is 11.5. The molecule has 3 atom stereocenters. The van der Waals surface area contributed by atoms with E-state index in [0.29, 0.717) is 19.3 Å². The number of rotatable bonds is 7. The van der Waals surface area contributed by atoms with Crippen LogP contribution in [0.3, 0.4) is 0 Å². The van der Waals surface area contributed by atoms with Crippen LogP contribution in [0, 0.1) is 6.92 Å². The zero-order chi connectivity index (χ0) is 23.3. The number of aryl methyl sites for hydroxylation is 1. The number of phenolic OH excluding ortho intramolecular Hbond substituents is 1. The van der Waals surface area contributed by atoms with Crippen molar-refractivity contribution in [2.24, 2.45) is 0 Å². The number of ether oxygens (including phenoxy) is 3. The first-order valence-corrected chi connectivity index (χ1v) is 11.1. The Morgan fingerprint density at radius 2 is 1.75 bits per heavy atom. The second kappa shape index (κ2) is 10.6. The fraction of sp³-hybridized carbons (Fsp3) is 0.462. The Labute approximate surface area is 189 Å². The molecule has 3 rings (SSSR count). The zero-order valence-electron chi connectivity index (χ0n) is 19.2. The van der Waals surface area contributed by atoms with Gasteiger partial charge >= 0.3 is 11.9 Å². The lowest BCUT2D eigenvalue weighted by Gasteiger charge is -2.35. The first kappa shape index (κ1) is 23.8. The second-order valence-corrected chi connectivity index (χ2v) is 8.42. The highest BCUT2D eigenvalue weighted by Crippen LogP contribution is 2.37. The molecule has 0 aromatic heterocycles. The summed E-state index contributed by atoms with van der Waals surface area (Å²) in [5.74, 6) is -0.536. The maximum absolute atomic E-state index is 11.5. The van der Waals surface area contributed by atoms with E-state index >= 15 is 0 Å². The summed E-state index contributed by atoms with van der Waals surface area (Å²) in [6, 6.07) is 12.2. The van der Waals surface area contributed by atoms with Crippen LogP contribution in [-0.4, -0.2) is 35.9 Å². The van der Waals surface area contributed by atoms with E-state index in [2.05, 4.69) is 31.2 Å². The highest BCUT2D eigenvalue weighted by atomic mass is 16.6. The molecule has 32 heavy (non-hydrogen) atoms. The SMILES string of the molecule is CCc1ccc(Cc2cc(C3CC(OC(C)=O)CC(COC(C)=O)O3)cc(O)c2C)cc1. The lowest BCUT2D eigenvalue weighted by molar-refractivity contribution is -0.169. The number of hydrogen-bond acceptors (Lipinski definition) is 6. The first-order chi connectivity index (χ1) is 15.2. The standard InChI is InChI=1S/C26H32O6/c1-5-19-6-8-20(9-7-19)10-21-11-22(12-25(29)16(21)2)26-14-23(31-18(4)28)13-24(32-26)15-30-17(3)27/h6-9,11-12,23-24,26,29H,5,10,13-15H2,1-4H3. The predicted molar refractivity (Wildman–Crippen MR) is 121 cm³/mol. The number of esters is 2. The molecular weight excluding hydrogens is 408 g/mol. The van der Waals surface area contributed by atoms with Crippen molar-refractivity contribution >= 4 is 11.9 Å². The highest BCUT2D eigenvalue weighted by Gasteiger charge is 2.33. The monoisotopic (exact) mass is 440 g/mol. The van der Waals surface area contributed by atoms with E-state index in [-0.39, 0.29) is 36.5 Å². The number of benzene rings is 2. The lowest BCUT2D eigenvalue weighted by atomic mass is 9.91. The van der Waals surface area contributed by atoms with E-state index in [4.69, 9.17) is 14.2 Å². The van der Waals surface area contributed by atoms with Gasteiger partial charge in [0, 0.05) is 26.7 Å². The molecule has 0 spiro atoms. The van der Waals surface area contributed by atoms with Gasteiger partial charge in [0.05, 0.1) is 12.2 Å². The van der Waals surface area contributed by atoms with Crippen LogP contribution in [-0.2, 0) is 36.6 Å². The van der Waals surface area contributed by atoms with Crippen LogP contribution in [0.4, 0.5) is 0 Å². The average Bonchev–Trinajstić information content (AvgIpc) is 2.75. The summed E-state index contributed by atoms with van der Waals surface area (Å²) in [6.45, 7) is 6.86. The van der Waals surface area contributed by atoms with Crippen molar-refractivity contribution in [2.75, 3.05) is 6.61 Å². The molecule has 1 N–H and O–H groups in total. The molecule has 1 fully saturated rings. The second-order valence-electron chi connectivity index (χ2n) is 8.42. The lowest BCUT2D eigenvalue weighted by Crippen LogP contribution is -2.36. The van der Waals surface area contributed by atoms with Gasteiger partial charge in [0.2, 0.25) is 0 Å². The van der Waals surface area contributed by atoms with E-state index in [1.54, 1.807) is 6.07 Å². The van der Waals surface area contributed by atoms with Gasteiger partial charge in [-0.25, -0.2) is 0 Å². The van der Waals surface area contributed by atoms with E-state index in [0.717, 1.165) is 28.7 Å². The summed E-state index contributed by atoms with van der Waals surface area (Å²) < 4.78 is 16.8. The van der Waals surface area contributed by atoms with E-state index < -0.39 is 6.10 Å². The summed E-state index contributed by atoms with van der Waals surface area (Å²) in [4.78, 5) is 22.8. The van der Waals surface area contributed by atoms with Gasteiger partial charge in [0.1, 0.15) is 18.5 Å². The third-order valence-electron chi connectivity index (χ3n) is 5.87. The Morgan fingerprint density at radius 1 is 1.06 bits per heavy atom. The molecule has 6 heteroatoms. The van der Waals surface area contributed by atoms with Gasteiger partial charge < -0.3 is 19.3 Å². The fourth-order valence-electron chi connectivity index (χ4n) is 4.10. The Bertz CT molecular complexity index is 950. The molecule has 0 bridgehead atoms. The van der Waals surface area contributed by atoms with Gasteiger partial charge in [-0.05, 0) is 53.6 Å². The minimum absolute atomic E-state index is 0.0953. The van der Waals surface area contributed by atoms with Crippen molar-refractivity contribution in [1.82, 2.24) is 0 Å².